The van der Waals surface area contributed by atoms with Gasteiger partial charge in [-0.05, 0) is 47.5 Å². The number of rotatable bonds is 6. The lowest BCUT2D eigenvalue weighted by atomic mass is 10.0. The summed E-state index contributed by atoms with van der Waals surface area (Å²) < 4.78 is 7.84. The van der Waals surface area contributed by atoms with E-state index in [4.69, 9.17) is 14.7 Å². The van der Waals surface area contributed by atoms with Gasteiger partial charge in [-0.25, -0.2) is 15.0 Å². The molecule has 7 heteroatoms. The van der Waals surface area contributed by atoms with Gasteiger partial charge in [0.25, 0.3) is 0 Å². The van der Waals surface area contributed by atoms with Gasteiger partial charge in [-0.15, -0.1) is 0 Å². The summed E-state index contributed by atoms with van der Waals surface area (Å²) >= 11 is 0. The minimum Gasteiger partial charge on any atom is -0.487 e. The average molecular weight is 422 g/mol. The average Bonchev–Trinajstić information content (AvgIpc) is 3.27. The number of ether oxygens (including phenoxy) is 1. The van der Waals surface area contributed by atoms with Crippen LogP contribution in [0.2, 0.25) is 0 Å². The second kappa shape index (κ2) is 8.47. The molecule has 0 atom stereocenters. The van der Waals surface area contributed by atoms with E-state index in [1.54, 1.807) is 18.7 Å². The molecular weight excluding hydrogens is 400 g/mol. The van der Waals surface area contributed by atoms with Crippen LogP contribution in [-0.2, 0) is 13.7 Å². The van der Waals surface area contributed by atoms with E-state index >= 15 is 0 Å². The largest absolute Gasteiger partial charge is 0.487 e. The Balaban J connectivity index is 1.42. The van der Waals surface area contributed by atoms with Crippen molar-refractivity contribution >= 4 is 16.7 Å². The number of fused-ring (bicyclic) bond motifs is 1. The Morgan fingerprint density at radius 2 is 1.75 bits per heavy atom. The SMILES string of the molecule is CNc1nc(-c2cccnc2)nc2ccc(-c3ccc(OCc4cncn4C)cc3)cc12. The second-order valence-electron chi connectivity index (χ2n) is 7.43. The molecule has 3 aromatic heterocycles. The van der Waals surface area contributed by atoms with E-state index in [9.17, 15) is 0 Å². The molecule has 5 rings (SSSR count). The highest BCUT2D eigenvalue weighted by Crippen LogP contribution is 2.30. The smallest absolute Gasteiger partial charge is 0.163 e. The van der Waals surface area contributed by atoms with Crippen molar-refractivity contribution in [2.45, 2.75) is 6.61 Å². The van der Waals surface area contributed by atoms with Crippen molar-refractivity contribution < 1.29 is 4.74 Å². The van der Waals surface area contributed by atoms with Crippen LogP contribution in [-0.4, -0.2) is 31.6 Å². The third kappa shape index (κ3) is 3.88. The molecule has 7 nitrogen and oxygen atoms in total. The van der Waals surface area contributed by atoms with Crippen LogP contribution in [0.25, 0.3) is 33.4 Å². The van der Waals surface area contributed by atoms with E-state index in [0.717, 1.165) is 44.9 Å². The van der Waals surface area contributed by atoms with E-state index in [1.165, 1.54) is 0 Å². The zero-order chi connectivity index (χ0) is 21.9. The molecule has 0 saturated carbocycles. The Hall–Kier alpha value is -4.26. The van der Waals surface area contributed by atoms with Crippen LogP contribution >= 0.6 is 0 Å². The fraction of sp³-hybridized carbons (Fsp3) is 0.120. The highest BCUT2D eigenvalue weighted by Gasteiger charge is 2.10. The standard InChI is InChI=1S/C25H22N6O/c1-26-25-22-12-18(7-10-23(22)29-24(30-25)19-4-3-11-27-13-19)17-5-8-21(9-6-17)32-15-20-14-28-16-31(20)2/h3-14,16H,15H2,1-2H3,(H,26,29,30). The van der Waals surface area contributed by atoms with Crippen molar-refractivity contribution in [3.05, 3.63) is 85.2 Å². The lowest BCUT2D eigenvalue weighted by Gasteiger charge is -2.11. The summed E-state index contributed by atoms with van der Waals surface area (Å²) in [4.78, 5) is 17.7. The molecule has 0 radical (unpaired) electrons. The summed E-state index contributed by atoms with van der Waals surface area (Å²) in [5, 5.41) is 4.17. The fourth-order valence-corrected chi connectivity index (χ4v) is 3.55. The van der Waals surface area contributed by atoms with Crippen molar-refractivity contribution in [3.8, 4) is 28.3 Å². The minimum atomic E-state index is 0.480. The number of imidazole rings is 1. The Morgan fingerprint density at radius 3 is 2.47 bits per heavy atom. The molecule has 0 bridgehead atoms. The zero-order valence-electron chi connectivity index (χ0n) is 17.9. The molecule has 0 aliphatic carbocycles. The topological polar surface area (TPSA) is 77.8 Å². The summed E-state index contributed by atoms with van der Waals surface area (Å²) in [6.45, 7) is 0.480. The molecule has 3 heterocycles. The van der Waals surface area contributed by atoms with Crippen LogP contribution in [0.3, 0.4) is 0 Å². The molecule has 1 N–H and O–H groups in total. The van der Waals surface area contributed by atoms with Gasteiger partial charge in [0.05, 0.1) is 23.7 Å². The normalized spacial score (nSPS) is 10.9. The molecular formula is C25H22N6O. The van der Waals surface area contributed by atoms with Crippen molar-refractivity contribution in [2.24, 2.45) is 7.05 Å². The summed E-state index contributed by atoms with van der Waals surface area (Å²) in [6.07, 6.45) is 7.09. The van der Waals surface area contributed by atoms with E-state index in [0.29, 0.717) is 12.4 Å². The van der Waals surface area contributed by atoms with Gasteiger partial charge < -0.3 is 14.6 Å². The number of hydrogen-bond donors (Lipinski definition) is 1. The molecule has 32 heavy (non-hydrogen) atoms. The summed E-state index contributed by atoms with van der Waals surface area (Å²) in [5.41, 5.74) is 4.97. The monoisotopic (exact) mass is 422 g/mol. The molecule has 158 valence electrons. The molecule has 2 aromatic carbocycles. The third-order valence-corrected chi connectivity index (χ3v) is 5.34. The van der Waals surface area contributed by atoms with E-state index in [2.05, 4.69) is 39.6 Å². The first-order chi connectivity index (χ1) is 15.7. The maximum Gasteiger partial charge on any atom is 0.163 e. The van der Waals surface area contributed by atoms with Gasteiger partial charge in [-0.2, -0.15) is 0 Å². The molecule has 0 fully saturated rings. The van der Waals surface area contributed by atoms with E-state index < -0.39 is 0 Å². The van der Waals surface area contributed by atoms with Gasteiger partial charge in [-0.1, -0.05) is 18.2 Å². The number of pyridine rings is 1. The fourth-order valence-electron chi connectivity index (χ4n) is 3.55. The first kappa shape index (κ1) is 19.7. The highest BCUT2D eigenvalue weighted by molar-refractivity contribution is 5.93. The highest BCUT2D eigenvalue weighted by atomic mass is 16.5. The zero-order valence-corrected chi connectivity index (χ0v) is 17.9. The lowest BCUT2D eigenvalue weighted by molar-refractivity contribution is 0.297. The maximum absolute atomic E-state index is 5.89. The van der Waals surface area contributed by atoms with Crippen LogP contribution in [0, 0.1) is 0 Å². The van der Waals surface area contributed by atoms with Crippen molar-refractivity contribution in [2.75, 3.05) is 12.4 Å². The summed E-state index contributed by atoms with van der Waals surface area (Å²) in [7, 11) is 3.83. The Morgan fingerprint density at radius 1 is 0.906 bits per heavy atom. The predicted octanol–water partition coefficient (Wildman–Crippen LogP) is 4.71. The van der Waals surface area contributed by atoms with Gasteiger partial charge >= 0.3 is 0 Å². The molecule has 0 saturated heterocycles. The summed E-state index contributed by atoms with van der Waals surface area (Å²) in [6, 6.07) is 18.1. The number of nitrogens with one attached hydrogen (secondary N) is 1. The lowest BCUT2D eigenvalue weighted by Crippen LogP contribution is -2.01. The molecule has 0 spiro atoms. The van der Waals surface area contributed by atoms with Gasteiger partial charge in [0.2, 0.25) is 0 Å². The Bertz CT molecular complexity index is 1360. The number of benzene rings is 2. The number of anilines is 1. The number of aromatic nitrogens is 5. The van der Waals surface area contributed by atoms with Crippen molar-refractivity contribution in [1.29, 1.82) is 0 Å². The Labute approximate surface area is 185 Å². The second-order valence-corrected chi connectivity index (χ2v) is 7.43. The van der Waals surface area contributed by atoms with Crippen molar-refractivity contribution in [1.82, 2.24) is 24.5 Å². The predicted molar refractivity (Wildman–Crippen MR) is 125 cm³/mol. The maximum atomic E-state index is 5.89. The third-order valence-electron chi connectivity index (χ3n) is 5.34. The molecule has 0 unspecified atom stereocenters. The van der Waals surface area contributed by atoms with Crippen LogP contribution in [0.15, 0.2) is 79.5 Å². The number of aryl methyl sites for hydroxylation is 1. The van der Waals surface area contributed by atoms with Gasteiger partial charge in [0.1, 0.15) is 18.2 Å². The van der Waals surface area contributed by atoms with Crippen LogP contribution < -0.4 is 10.1 Å². The molecule has 0 aliphatic rings. The first-order valence-corrected chi connectivity index (χ1v) is 10.3. The van der Waals surface area contributed by atoms with Crippen molar-refractivity contribution in [3.63, 3.8) is 0 Å². The first-order valence-electron chi connectivity index (χ1n) is 10.3. The number of hydrogen-bond acceptors (Lipinski definition) is 6. The van der Waals surface area contributed by atoms with Crippen LogP contribution in [0.4, 0.5) is 5.82 Å². The minimum absolute atomic E-state index is 0.480. The summed E-state index contributed by atoms with van der Waals surface area (Å²) in [5.74, 6) is 2.25. The molecule has 0 aliphatic heterocycles. The van der Waals surface area contributed by atoms with E-state index in [1.807, 2.05) is 55.2 Å². The van der Waals surface area contributed by atoms with Crippen LogP contribution in [0.1, 0.15) is 5.69 Å². The Kier molecular flexibility index (Phi) is 5.21. The molecule has 5 aromatic rings. The van der Waals surface area contributed by atoms with Gasteiger partial charge in [0.15, 0.2) is 5.82 Å². The molecule has 0 amide bonds. The van der Waals surface area contributed by atoms with Gasteiger partial charge in [0, 0.05) is 37.4 Å². The van der Waals surface area contributed by atoms with E-state index in [-0.39, 0.29) is 0 Å². The van der Waals surface area contributed by atoms with Gasteiger partial charge in [-0.3, -0.25) is 4.98 Å². The van der Waals surface area contributed by atoms with Crippen LogP contribution in [0.5, 0.6) is 5.75 Å². The number of nitrogens with zero attached hydrogens (tertiary/aromatic N) is 5. The quantitative estimate of drug-likeness (QED) is 0.427.